The molecule has 0 saturated carbocycles. The zero-order valence-electron chi connectivity index (χ0n) is 15.9. The van der Waals surface area contributed by atoms with Crippen LogP contribution in [0.4, 0.5) is 5.69 Å². The molecule has 0 aliphatic heterocycles. The summed E-state index contributed by atoms with van der Waals surface area (Å²) >= 11 is 5.05. The van der Waals surface area contributed by atoms with Crippen molar-refractivity contribution in [3.05, 3.63) is 63.2 Å². The van der Waals surface area contributed by atoms with Crippen LogP contribution in [-0.2, 0) is 6.61 Å². The molecule has 0 radical (unpaired) electrons. The third-order valence-corrected chi connectivity index (χ3v) is 4.02. The third kappa shape index (κ3) is 5.92. The van der Waals surface area contributed by atoms with Crippen LogP contribution in [0.1, 0.15) is 23.6 Å². The molecule has 8 nitrogen and oxygen atoms in total. The van der Waals surface area contributed by atoms with Crippen LogP contribution in [0.15, 0.2) is 41.5 Å². The molecule has 2 aromatic carbocycles. The van der Waals surface area contributed by atoms with Crippen LogP contribution in [0.25, 0.3) is 0 Å². The zero-order valence-corrected chi connectivity index (χ0v) is 16.7. The van der Waals surface area contributed by atoms with Crippen LogP contribution in [-0.4, -0.2) is 29.9 Å². The number of nitrogens with one attached hydrogen (secondary N) is 2. The van der Waals surface area contributed by atoms with Crippen molar-refractivity contribution in [1.29, 1.82) is 0 Å². The molecule has 0 aliphatic carbocycles. The molecule has 0 atom stereocenters. The smallest absolute Gasteiger partial charge is 0.272 e. The fraction of sp³-hybridized carbons (Fsp3) is 0.263. The lowest BCUT2D eigenvalue weighted by atomic mass is 10.1. The minimum atomic E-state index is -0.416. The fourth-order valence-electron chi connectivity index (χ4n) is 2.44. The summed E-state index contributed by atoms with van der Waals surface area (Å²) < 4.78 is 11.2. The topological polar surface area (TPSA) is 98.0 Å². The first-order valence-corrected chi connectivity index (χ1v) is 8.97. The molecule has 2 rings (SSSR count). The molecule has 0 spiro atoms. The second-order valence-electron chi connectivity index (χ2n) is 5.79. The first-order valence-electron chi connectivity index (χ1n) is 8.56. The summed E-state index contributed by atoms with van der Waals surface area (Å²) in [6.07, 6.45) is 1.64. The average Bonchev–Trinajstić information content (AvgIpc) is 2.66. The van der Waals surface area contributed by atoms with Gasteiger partial charge in [0.05, 0.1) is 18.2 Å². The second-order valence-corrected chi connectivity index (χ2v) is 6.20. The molecule has 0 heterocycles. The SMILES string of the molecule is CCNC(=S)NN=Cc1ccc(OC)c(COc2ccc([N+](=O)[O-])c(C)c2)c1. The van der Waals surface area contributed by atoms with E-state index in [1.54, 1.807) is 32.4 Å². The molecule has 0 amide bonds. The van der Waals surface area contributed by atoms with Crippen molar-refractivity contribution >= 4 is 29.2 Å². The lowest BCUT2D eigenvalue weighted by molar-refractivity contribution is -0.385. The highest BCUT2D eigenvalue weighted by Gasteiger charge is 2.11. The molecule has 0 aliphatic rings. The fourth-order valence-corrected chi connectivity index (χ4v) is 2.64. The van der Waals surface area contributed by atoms with Gasteiger partial charge in [0.2, 0.25) is 0 Å². The van der Waals surface area contributed by atoms with Crippen molar-refractivity contribution in [3.63, 3.8) is 0 Å². The van der Waals surface area contributed by atoms with E-state index < -0.39 is 4.92 Å². The highest BCUT2D eigenvalue weighted by atomic mass is 32.1. The highest BCUT2D eigenvalue weighted by molar-refractivity contribution is 7.80. The molecule has 0 aromatic heterocycles. The maximum absolute atomic E-state index is 10.9. The van der Waals surface area contributed by atoms with E-state index in [0.29, 0.717) is 28.7 Å². The quantitative estimate of drug-likeness (QED) is 0.302. The van der Waals surface area contributed by atoms with Gasteiger partial charge in [-0.1, -0.05) is 0 Å². The number of nitrogens with zero attached hydrogens (tertiary/aromatic N) is 2. The Bertz CT molecular complexity index is 886. The molecule has 9 heteroatoms. The van der Waals surface area contributed by atoms with Gasteiger partial charge in [0, 0.05) is 23.7 Å². The van der Waals surface area contributed by atoms with Crippen molar-refractivity contribution in [3.8, 4) is 11.5 Å². The summed E-state index contributed by atoms with van der Waals surface area (Å²) in [5.74, 6) is 1.22. The molecule has 28 heavy (non-hydrogen) atoms. The minimum Gasteiger partial charge on any atom is -0.496 e. The zero-order chi connectivity index (χ0) is 20.5. The van der Waals surface area contributed by atoms with Gasteiger partial charge in [-0.15, -0.1) is 0 Å². The van der Waals surface area contributed by atoms with Crippen molar-refractivity contribution in [1.82, 2.24) is 10.7 Å². The predicted octanol–water partition coefficient (Wildman–Crippen LogP) is 3.31. The summed E-state index contributed by atoms with van der Waals surface area (Å²) in [7, 11) is 1.58. The Morgan fingerprint density at radius 1 is 1.32 bits per heavy atom. The summed E-state index contributed by atoms with van der Waals surface area (Å²) in [4.78, 5) is 10.5. The number of rotatable bonds is 8. The van der Waals surface area contributed by atoms with Crippen molar-refractivity contribution in [2.75, 3.05) is 13.7 Å². The van der Waals surface area contributed by atoms with Gasteiger partial charge in [-0.05, 0) is 62.0 Å². The normalized spacial score (nSPS) is 10.5. The Labute approximate surface area is 168 Å². The van der Waals surface area contributed by atoms with Crippen molar-refractivity contribution in [2.45, 2.75) is 20.5 Å². The standard InChI is InChI=1S/C19H22N4O4S/c1-4-20-19(28)22-21-11-14-5-8-18(26-3)15(10-14)12-27-16-6-7-17(23(24)25)13(2)9-16/h5-11H,4,12H2,1-3H3,(H2,20,22,28). The van der Waals surface area contributed by atoms with Gasteiger partial charge in [0.25, 0.3) is 5.69 Å². The van der Waals surface area contributed by atoms with E-state index in [9.17, 15) is 10.1 Å². The third-order valence-electron chi connectivity index (χ3n) is 3.78. The average molecular weight is 402 g/mol. The van der Waals surface area contributed by atoms with E-state index in [0.717, 1.165) is 11.1 Å². The lowest BCUT2D eigenvalue weighted by Crippen LogP contribution is -2.31. The van der Waals surface area contributed by atoms with E-state index in [4.69, 9.17) is 21.7 Å². The van der Waals surface area contributed by atoms with Crippen LogP contribution in [0.5, 0.6) is 11.5 Å². The van der Waals surface area contributed by atoms with E-state index in [-0.39, 0.29) is 12.3 Å². The molecule has 0 bridgehead atoms. The van der Waals surface area contributed by atoms with Crippen LogP contribution in [0, 0.1) is 17.0 Å². The number of hydrogen-bond donors (Lipinski definition) is 2. The van der Waals surface area contributed by atoms with Crippen LogP contribution in [0.2, 0.25) is 0 Å². The van der Waals surface area contributed by atoms with Gasteiger partial charge < -0.3 is 14.8 Å². The monoisotopic (exact) mass is 402 g/mol. The van der Waals surface area contributed by atoms with Gasteiger partial charge in [-0.3, -0.25) is 15.5 Å². The van der Waals surface area contributed by atoms with E-state index >= 15 is 0 Å². The first-order chi connectivity index (χ1) is 13.4. The number of thiocarbonyl (C=S) groups is 1. The van der Waals surface area contributed by atoms with Gasteiger partial charge in [0.1, 0.15) is 18.1 Å². The number of methoxy groups -OCH3 is 1. The van der Waals surface area contributed by atoms with E-state index in [2.05, 4.69) is 15.8 Å². The van der Waals surface area contributed by atoms with Crippen molar-refractivity contribution in [2.24, 2.45) is 5.10 Å². The molecule has 148 valence electrons. The number of hydrogen-bond acceptors (Lipinski definition) is 6. The maximum atomic E-state index is 10.9. The number of hydrazone groups is 1. The highest BCUT2D eigenvalue weighted by Crippen LogP contribution is 2.25. The molecule has 2 N–H and O–H groups in total. The van der Waals surface area contributed by atoms with Crippen LogP contribution in [0.3, 0.4) is 0 Å². The Kier molecular flexibility index (Phi) is 7.70. The Morgan fingerprint density at radius 2 is 2.11 bits per heavy atom. The summed E-state index contributed by atoms with van der Waals surface area (Å²) in [6, 6.07) is 10.2. The van der Waals surface area contributed by atoms with Gasteiger partial charge in [-0.25, -0.2) is 0 Å². The summed E-state index contributed by atoms with van der Waals surface area (Å²) in [5.41, 5.74) is 4.99. The number of nitro benzene ring substituents is 1. The van der Waals surface area contributed by atoms with E-state index in [1.165, 1.54) is 6.07 Å². The molecular weight excluding hydrogens is 380 g/mol. The predicted molar refractivity (Wildman–Crippen MR) is 112 cm³/mol. The Morgan fingerprint density at radius 3 is 2.75 bits per heavy atom. The molecule has 0 fully saturated rings. The number of aryl methyl sites for hydroxylation is 1. The number of ether oxygens (including phenoxy) is 2. The maximum Gasteiger partial charge on any atom is 0.272 e. The minimum absolute atomic E-state index is 0.0612. The second kappa shape index (κ2) is 10.2. The molecular formula is C19H22N4O4S. The lowest BCUT2D eigenvalue weighted by Gasteiger charge is -2.12. The number of nitro groups is 1. The summed E-state index contributed by atoms with van der Waals surface area (Å²) in [6.45, 7) is 4.58. The van der Waals surface area contributed by atoms with Crippen molar-refractivity contribution < 1.29 is 14.4 Å². The van der Waals surface area contributed by atoms with Gasteiger partial charge >= 0.3 is 0 Å². The number of benzene rings is 2. The molecule has 0 saturated heterocycles. The van der Waals surface area contributed by atoms with Gasteiger partial charge in [0.15, 0.2) is 5.11 Å². The molecule has 2 aromatic rings. The summed E-state index contributed by atoms with van der Waals surface area (Å²) in [5, 5.41) is 18.4. The van der Waals surface area contributed by atoms with E-state index in [1.807, 2.05) is 25.1 Å². The van der Waals surface area contributed by atoms with Crippen LogP contribution >= 0.6 is 12.2 Å². The first kappa shape index (κ1) is 21.1. The largest absolute Gasteiger partial charge is 0.496 e. The van der Waals surface area contributed by atoms with Crippen LogP contribution < -0.4 is 20.2 Å². The Balaban J connectivity index is 2.09. The molecule has 0 unspecified atom stereocenters. The Hall–Kier alpha value is -3.20. The van der Waals surface area contributed by atoms with Gasteiger partial charge in [-0.2, -0.15) is 5.10 Å².